The van der Waals surface area contributed by atoms with Crippen molar-refractivity contribution in [2.75, 3.05) is 58.3 Å². The molecule has 2 aromatic heterocycles. The number of aryl methyl sites for hydroxylation is 1. The maximum Gasteiger partial charge on any atom is 0.253 e. The number of aliphatic hydroxyl groups excluding tert-OH is 1. The Balaban J connectivity index is 1.42. The molecule has 1 saturated heterocycles. The van der Waals surface area contributed by atoms with Gasteiger partial charge < -0.3 is 24.8 Å². The quantitative estimate of drug-likeness (QED) is 0.433. The number of amides is 1. The molecular formula is C29H33N5O2. The highest BCUT2D eigenvalue weighted by molar-refractivity contribution is 5.98. The predicted octanol–water partition coefficient (Wildman–Crippen LogP) is 4.02. The van der Waals surface area contributed by atoms with E-state index in [4.69, 9.17) is 5.11 Å². The van der Waals surface area contributed by atoms with E-state index in [0.717, 1.165) is 59.5 Å². The second-order valence-electron chi connectivity index (χ2n) is 9.64. The summed E-state index contributed by atoms with van der Waals surface area (Å²) in [5.74, 6) is -0.103. The molecule has 7 nitrogen and oxygen atoms in total. The number of nitrogens with one attached hydrogen (secondary N) is 1. The van der Waals surface area contributed by atoms with Crippen LogP contribution >= 0.6 is 0 Å². The zero-order valence-electron chi connectivity index (χ0n) is 21.2. The van der Waals surface area contributed by atoms with Crippen molar-refractivity contribution < 1.29 is 9.90 Å². The average Bonchev–Trinajstić information content (AvgIpc) is 3.32. The Bertz CT molecular complexity index is 1370. The molecule has 4 aromatic rings. The van der Waals surface area contributed by atoms with Crippen molar-refractivity contribution in [2.24, 2.45) is 0 Å². The van der Waals surface area contributed by atoms with Crippen LogP contribution in [0.4, 0.5) is 5.69 Å². The first-order chi connectivity index (χ1) is 17.4. The summed E-state index contributed by atoms with van der Waals surface area (Å²) in [6, 6.07) is 16.5. The highest BCUT2D eigenvalue weighted by Crippen LogP contribution is 2.33. The summed E-state index contributed by atoms with van der Waals surface area (Å²) in [6.45, 7) is 6.74. The lowest BCUT2D eigenvalue weighted by Gasteiger charge is -2.35. The highest BCUT2D eigenvalue weighted by Gasteiger charge is 2.17. The third kappa shape index (κ3) is 4.72. The number of aliphatic hydroxyl groups is 1. The second-order valence-corrected chi connectivity index (χ2v) is 9.64. The van der Waals surface area contributed by atoms with Crippen molar-refractivity contribution in [3.05, 3.63) is 72.1 Å². The van der Waals surface area contributed by atoms with E-state index in [1.807, 2.05) is 36.7 Å². The number of aromatic amines is 1. The Labute approximate surface area is 212 Å². The van der Waals surface area contributed by atoms with Crippen LogP contribution in [-0.4, -0.2) is 84.2 Å². The lowest BCUT2D eigenvalue weighted by atomic mass is 9.99. The lowest BCUT2D eigenvalue weighted by molar-refractivity contribution is 0.0767. The molecule has 1 aliphatic rings. The van der Waals surface area contributed by atoms with Gasteiger partial charge >= 0.3 is 0 Å². The SMILES string of the molecule is Cc1cc(-c2cnc3[nH]cc(-c4ccc(C(=O)N(C)CCO)cc4)c3c2)ccc1N1CCN(C)CC1. The first-order valence-electron chi connectivity index (χ1n) is 12.4. The first-order valence-corrected chi connectivity index (χ1v) is 12.4. The van der Waals surface area contributed by atoms with Crippen molar-refractivity contribution >= 4 is 22.6 Å². The van der Waals surface area contributed by atoms with Gasteiger partial charge in [0.1, 0.15) is 5.65 Å². The molecular weight excluding hydrogens is 450 g/mol. The van der Waals surface area contributed by atoms with Crippen LogP contribution in [-0.2, 0) is 0 Å². The van der Waals surface area contributed by atoms with Crippen LogP contribution in [0.3, 0.4) is 0 Å². The molecule has 186 valence electrons. The van der Waals surface area contributed by atoms with Gasteiger partial charge in [0.25, 0.3) is 5.91 Å². The van der Waals surface area contributed by atoms with Crippen molar-refractivity contribution in [2.45, 2.75) is 6.92 Å². The molecule has 36 heavy (non-hydrogen) atoms. The van der Waals surface area contributed by atoms with Gasteiger partial charge in [0.15, 0.2) is 0 Å². The predicted molar refractivity (Wildman–Crippen MR) is 145 cm³/mol. The van der Waals surface area contributed by atoms with Gasteiger partial charge in [-0.3, -0.25) is 4.79 Å². The zero-order valence-corrected chi connectivity index (χ0v) is 21.2. The fraction of sp³-hybridized carbons (Fsp3) is 0.310. The van der Waals surface area contributed by atoms with E-state index in [2.05, 4.69) is 58.0 Å². The van der Waals surface area contributed by atoms with Crippen LogP contribution < -0.4 is 4.90 Å². The van der Waals surface area contributed by atoms with Gasteiger partial charge in [-0.15, -0.1) is 0 Å². The summed E-state index contributed by atoms with van der Waals surface area (Å²) >= 11 is 0. The highest BCUT2D eigenvalue weighted by atomic mass is 16.3. The van der Waals surface area contributed by atoms with Gasteiger partial charge in [-0.25, -0.2) is 4.98 Å². The molecule has 0 aliphatic carbocycles. The minimum atomic E-state index is -0.103. The first kappa shape index (κ1) is 24.0. The molecule has 7 heteroatoms. The molecule has 1 amide bonds. The van der Waals surface area contributed by atoms with Crippen LogP contribution in [0.25, 0.3) is 33.3 Å². The molecule has 0 unspecified atom stereocenters. The Hall–Kier alpha value is -3.68. The van der Waals surface area contributed by atoms with Gasteiger partial charge in [-0.1, -0.05) is 18.2 Å². The Morgan fingerprint density at radius 2 is 1.75 bits per heavy atom. The number of rotatable bonds is 6. The maximum absolute atomic E-state index is 12.5. The minimum absolute atomic E-state index is 0.0525. The Morgan fingerprint density at radius 3 is 2.44 bits per heavy atom. The molecule has 2 N–H and O–H groups in total. The fourth-order valence-corrected chi connectivity index (χ4v) is 4.90. The lowest BCUT2D eigenvalue weighted by Crippen LogP contribution is -2.44. The number of hydrogen-bond acceptors (Lipinski definition) is 5. The number of anilines is 1. The van der Waals surface area contributed by atoms with Crippen molar-refractivity contribution in [3.8, 4) is 22.3 Å². The fourth-order valence-electron chi connectivity index (χ4n) is 4.90. The smallest absolute Gasteiger partial charge is 0.253 e. The van der Waals surface area contributed by atoms with E-state index in [-0.39, 0.29) is 12.5 Å². The maximum atomic E-state index is 12.5. The van der Waals surface area contributed by atoms with E-state index in [1.54, 1.807) is 7.05 Å². The Morgan fingerprint density at radius 1 is 1.03 bits per heavy atom. The monoisotopic (exact) mass is 483 g/mol. The molecule has 0 spiro atoms. The molecule has 2 aromatic carbocycles. The van der Waals surface area contributed by atoms with Crippen LogP contribution in [0.5, 0.6) is 0 Å². The number of carbonyl (C=O) groups is 1. The average molecular weight is 484 g/mol. The summed E-state index contributed by atoms with van der Waals surface area (Å²) < 4.78 is 0. The number of likely N-dealkylation sites (N-methyl/N-ethyl adjacent to an activating group) is 2. The number of aromatic nitrogens is 2. The third-order valence-corrected chi connectivity index (χ3v) is 7.13. The van der Waals surface area contributed by atoms with E-state index in [1.165, 1.54) is 16.2 Å². The standard InChI is InChI=1S/C29H33N5O2/c1-20-16-23(8-9-27(20)34-12-10-32(2)11-13-34)24-17-25-26(19-31-28(25)30-18-24)21-4-6-22(7-5-21)29(36)33(3)14-15-35/h4-9,16-19,35H,10-15H2,1-3H3,(H,30,31). The minimum Gasteiger partial charge on any atom is -0.395 e. The summed E-state index contributed by atoms with van der Waals surface area (Å²) in [6.07, 6.45) is 3.89. The largest absolute Gasteiger partial charge is 0.395 e. The van der Waals surface area contributed by atoms with Gasteiger partial charge in [0.05, 0.1) is 6.61 Å². The third-order valence-electron chi connectivity index (χ3n) is 7.13. The van der Waals surface area contributed by atoms with Crippen LogP contribution in [0.15, 0.2) is 60.9 Å². The Kier molecular flexibility index (Phi) is 6.76. The number of fused-ring (bicyclic) bond motifs is 1. The number of piperazine rings is 1. The van der Waals surface area contributed by atoms with Crippen LogP contribution in [0.2, 0.25) is 0 Å². The summed E-state index contributed by atoms with van der Waals surface area (Å²) in [4.78, 5) is 26.8. The summed E-state index contributed by atoms with van der Waals surface area (Å²) in [5.41, 5.74) is 8.32. The molecule has 0 radical (unpaired) electrons. The molecule has 0 bridgehead atoms. The van der Waals surface area contributed by atoms with Crippen LogP contribution in [0.1, 0.15) is 15.9 Å². The van der Waals surface area contributed by atoms with E-state index >= 15 is 0 Å². The van der Waals surface area contributed by atoms with Crippen molar-refractivity contribution in [3.63, 3.8) is 0 Å². The number of pyridine rings is 1. The summed E-state index contributed by atoms with van der Waals surface area (Å²) in [7, 11) is 3.87. The van der Waals surface area contributed by atoms with Crippen molar-refractivity contribution in [1.29, 1.82) is 0 Å². The van der Waals surface area contributed by atoms with E-state index < -0.39 is 0 Å². The van der Waals surface area contributed by atoms with E-state index in [9.17, 15) is 4.79 Å². The number of benzene rings is 2. The molecule has 3 heterocycles. The van der Waals surface area contributed by atoms with Gasteiger partial charge in [-0.05, 0) is 61.0 Å². The van der Waals surface area contributed by atoms with Crippen LogP contribution in [0, 0.1) is 6.92 Å². The van der Waals surface area contributed by atoms with Gasteiger partial charge in [-0.2, -0.15) is 0 Å². The molecule has 1 fully saturated rings. The van der Waals surface area contributed by atoms with E-state index in [0.29, 0.717) is 12.1 Å². The van der Waals surface area contributed by atoms with Crippen molar-refractivity contribution in [1.82, 2.24) is 19.8 Å². The normalized spacial score (nSPS) is 14.4. The number of hydrogen-bond donors (Lipinski definition) is 2. The summed E-state index contributed by atoms with van der Waals surface area (Å²) in [5, 5.41) is 10.1. The van der Waals surface area contributed by atoms with Gasteiger partial charge in [0.2, 0.25) is 0 Å². The second kappa shape index (κ2) is 10.1. The molecule has 0 saturated carbocycles. The number of H-pyrrole nitrogens is 1. The topological polar surface area (TPSA) is 75.7 Å². The number of carbonyl (C=O) groups excluding carboxylic acids is 1. The number of nitrogens with zero attached hydrogens (tertiary/aromatic N) is 4. The zero-order chi connectivity index (χ0) is 25.2. The molecule has 0 atom stereocenters. The van der Waals surface area contributed by atoms with Gasteiger partial charge in [0, 0.05) is 79.9 Å². The molecule has 5 rings (SSSR count). The molecule has 1 aliphatic heterocycles.